The molecule has 0 aliphatic heterocycles. The van der Waals surface area contributed by atoms with Gasteiger partial charge in [0.25, 0.3) is 5.91 Å². The van der Waals surface area contributed by atoms with Gasteiger partial charge in [0, 0.05) is 28.2 Å². The van der Waals surface area contributed by atoms with Crippen molar-refractivity contribution in [2.45, 2.75) is 59.0 Å². The van der Waals surface area contributed by atoms with Crippen molar-refractivity contribution in [2.24, 2.45) is 5.92 Å². The van der Waals surface area contributed by atoms with E-state index >= 15 is 0 Å². The lowest BCUT2D eigenvalue weighted by atomic mass is 10.1. The molecule has 1 aliphatic carbocycles. The monoisotopic (exact) mass is 457 g/mol. The third kappa shape index (κ3) is 4.75. The maximum absolute atomic E-state index is 13.5. The third-order valence-electron chi connectivity index (χ3n) is 6.04. The highest BCUT2D eigenvalue weighted by Crippen LogP contribution is 2.35. The van der Waals surface area contributed by atoms with Gasteiger partial charge < -0.3 is 9.47 Å². The van der Waals surface area contributed by atoms with Crippen LogP contribution in [0.2, 0.25) is 10.0 Å². The molecule has 4 nitrogen and oxygen atoms in total. The molecule has 0 bridgehead atoms. The number of benzene rings is 2. The van der Waals surface area contributed by atoms with Gasteiger partial charge in [-0.15, -0.1) is 0 Å². The first kappa shape index (κ1) is 22.2. The minimum Gasteiger partial charge on any atom is -0.331 e. The Hall–Kier alpha value is -2.04. The Balaban J connectivity index is 1.73. The quantitative estimate of drug-likeness (QED) is 0.396. The number of rotatable bonds is 6. The lowest BCUT2D eigenvalue weighted by Gasteiger charge is -2.26. The molecule has 0 spiro atoms. The van der Waals surface area contributed by atoms with E-state index in [4.69, 9.17) is 28.2 Å². The molecule has 1 saturated carbocycles. The summed E-state index contributed by atoms with van der Waals surface area (Å²) in [5, 5.41) is 1.32. The summed E-state index contributed by atoms with van der Waals surface area (Å²) in [6, 6.07) is 11.8. The Morgan fingerprint density at radius 2 is 1.90 bits per heavy atom. The van der Waals surface area contributed by atoms with Gasteiger partial charge in [-0.2, -0.15) is 0 Å². The Morgan fingerprint density at radius 3 is 2.58 bits per heavy atom. The molecule has 31 heavy (non-hydrogen) atoms. The van der Waals surface area contributed by atoms with Crippen LogP contribution in [0.3, 0.4) is 0 Å². The first-order valence-electron chi connectivity index (χ1n) is 11.0. The molecule has 1 heterocycles. The standard InChI is InChI=1S/C25H29Cl2N3O/c1-16(2)14-29(25(31)18-9-8-17(3)21(27)12-18)15-24-28-22-11-10-19(26)13-23(22)30(24)20-6-4-5-7-20/h8-13,16,20H,4-7,14-15H2,1-3H3. The normalized spacial score (nSPS) is 14.6. The van der Waals surface area contributed by atoms with Crippen molar-refractivity contribution in [3.63, 3.8) is 0 Å². The molecular formula is C25H29Cl2N3O. The van der Waals surface area contributed by atoms with Gasteiger partial charge in [-0.05, 0) is 61.6 Å². The van der Waals surface area contributed by atoms with Crippen LogP contribution in [0, 0.1) is 12.8 Å². The summed E-state index contributed by atoms with van der Waals surface area (Å²) in [6.07, 6.45) is 4.72. The summed E-state index contributed by atoms with van der Waals surface area (Å²) in [6.45, 7) is 7.31. The SMILES string of the molecule is Cc1ccc(C(=O)N(Cc2nc3ccc(Cl)cc3n2C2CCCC2)CC(C)C)cc1Cl. The molecule has 4 rings (SSSR count). The molecule has 1 amide bonds. The van der Waals surface area contributed by atoms with E-state index < -0.39 is 0 Å². The van der Waals surface area contributed by atoms with Crippen molar-refractivity contribution in [1.29, 1.82) is 0 Å². The minimum atomic E-state index is -0.0151. The number of carbonyl (C=O) groups is 1. The maximum Gasteiger partial charge on any atom is 0.254 e. The maximum atomic E-state index is 13.5. The van der Waals surface area contributed by atoms with Gasteiger partial charge in [-0.1, -0.05) is 56.0 Å². The van der Waals surface area contributed by atoms with Crippen LogP contribution in [0.5, 0.6) is 0 Å². The molecule has 1 aromatic heterocycles. The van der Waals surface area contributed by atoms with Crippen LogP contribution in [-0.4, -0.2) is 26.9 Å². The Kier molecular flexibility index (Phi) is 6.59. The number of hydrogen-bond acceptors (Lipinski definition) is 2. The van der Waals surface area contributed by atoms with Gasteiger partial charge in [0.1, 0.15) is 5.82 Å². The van der Waals surface area contributed by atoms with E-state index in [2.05, 4.69) is 18.4 Å². The second kappa shape index (κ2) is 9.22. The molecule has 164 valence electrons. The van der Waals surface area contributed by atoms with Crippen LogP contribution in [0.1, 0.15) is 67.3 Å². The Labute approximate surface area is 194 Å². The molecule has 0 N–H and O–H groups in total. The summed E-state index contributed by atoms with van der Waals surface area (Å²) in [5.74, 6) is 1.25. The Morgan fingerprint density at radius 1 is 1.16 bits per heavy atom. The van der Waals surface area contributed by atoms with Crippen LogP contribution in [0.15, 0.2) is 36.4 Å². The zero-order chi connectivity index (χ0) is 22.1. The molecule has 3 aromatic rings. The largest absolute Gasteiger partial charge is 0.331 e. The van der Waals surface area contributed by atoms with Crippen molar-refractivity contribution < 1.29 is 4.79 Å². The smallest absolute Gasteiger partial charge is 0.254 e. The van der Waals surface area contributed by atoms with Gasteiger partial charge in [0.15, 0.2) is 0 Å². The lowest BCUT2D eigenvalue weighted by Crippen LogP contribution is -2.35. The van der Waals surface area contributed by atoms with Crippen molar-refractivity contribution in [3.8, 4) is 0 Å². The molecule has 0 atom stereocenters. The number of halogens is 2. The van der Waals surface area contributed by atoms with E-state index in [9.17, 15) is 4.79 Å². The minimum absolute atomic E-state index is 0.0151. The van der Waals surface area contributed by atoms with E-state index in [1.54, 1.807) is 6.07 Å². The van der Waals surface area contributed by atoms with Gasteiger partial charge in [-0.25, -0.2) is 4.98 Å². The van der Waals surface area contributed by atoms with Crippen molar-refractivity contribution in [1.82, 2.24) is 14.5 Å². The number of aryl methyl sites for hydroxylation is 1. The van der Waals surface area contributed by atoms with Gasteiger partial charge >= 0.3 is 0 Å². The number of amides is 1. The summed E-state index contributed by atoms with van der Waals surface area (Å²) in [7, 11) is 0. The predicted molar refractivity (Wildman–Crippen MR) is 128 cm³/mol. The summed E-state index contributed by atoms with van der Waals surface area (Å²) in [5.41, 5.74) is 3.57. The molecule has 6 heteroatoms. The molecule has 0 radical (unpaired) electrons. The highest BCUT2D eigenvalue weighted by molar-refractivity contribution is 6.31. The average molecular weight is 458 g/mol. The summed E-state index contributed by atoms with van der Waals surface area (Å²) >= 11 is 12.6. The van der Waals surface area contributed by atoms with E-state index in [1.165, 1.54) is 12.8 Å². The van der Waals surface area contributed by atoms with Crippen molar-refractivity contribution >= 4 is 40.1 Å². The van der Waals surface area contributed by atoms with Crippen molar-refractivity contribution in [2.75, 3.05) is 6.54 Å². The Bertz CT molecular complexity index is 1100. The van der Waals surface area contributed by atoms with Gasteiger partial charge in [0.05, 0.1) is 17.6 Å². The first-order valence-corrected chi connectivity index (χ1v) is 11.8. The molecule has 2 aromatic carbocycles. The van der Waals surface area contributed by atoms with E-state index in [0.717, 1.165) is 35.3 Å². The molecule has 0 saturated heterocycles. The average Bonchev–Trinajstić information content (AvgIpc) is 3.35. The number of nitrogens with zero attached hydrogens (tertiary/aromatic N) is 3. The number of carbonyl (C=O) groups excluding carboxylic acids is 1. The van der Waals surface area contributed by atoms with Crippen LogP contribution >= 0.6 is 23.2 Å². The molecular weight excluding hydrogens is 429 g/mol. The highest BCUT2D eigenvalue weighted by atomic mass is 35.5. The summed E-state index contributed by atoms with van der Waals surface area (Å²) < 4.78 is 2.33. The van der Waals surface area contributed by atoms with Crippen LogP contribution < -0.4 is 0 Å². The predicted octanol–water partition coefficient (Wildman–Crippen LogP) is 7.07. The third-order valence-corrected chi connectivity index (χ3v) is 6.68. The molecule has 1 fully saturated rings. The van der Waals surface area contributed by atoms with Crippen molar-refractivity contribution in [3.05, 3.63) is 63.4 Å². The topological polar surface area (TPSA) is 38.1 Å². The van der Waals surface area contributed by atoms with Crippen LogP contribution in [0.25, 0.3) is 11.0 Å². The van der Waals surface area contributed by atoms with E-state index in [1.807, 2.05) is 42.2 Å². The zero-order valence-corrected chi connectivity index (χ0v) is 19.9. The second-order valence-corrected chi connectivity index (χ2v) is 9.86. The number of aromatic nitrogens is 2. The van der Waals surface area contributed by atoms with Gasteiger partial charge in [0.2, 0.25) is 0 Å². The fraction of sp³-hybridized carbons (Fsp3) is 0.440. The van der Waals surface area contributed by atoms with Crippen LogP contribution in [0.4, 0.5) is 0 Å². The molecule has 0 unspecified atom stereocenters. The number of fused-ring (bicyclic) bond motifs is 1. The van der Waals surface area contributed by atoms with E-state index in [-0.39, 0.29) is 5.91 Å². The van der Waals surface area contributed by atoms with Gasteiger partial charge in [-0.3, -0.25) is 4.79 Å². The lowest BCUT2D eigenvalue weighted by molar-refractivity contribution is 0.0715. The highest BCUT2D eigenvalue weighted by Gasteiger charge is 2.26. The fourth-order valence-electron chi connectivity index (χ4n) is 4.54. The molecule has 1 aliphatic rings. The number of hydrogen-bond donors (Lipinski definition) is 0. The zero-order valence-electron chi connectivity index (χ0n) is 18.4. The first-order chi connectivity index (χ1) is 14.8. The van der Waals surface area contributed by atoms with E-state index in [0.29, 0.717) is 40.7 Å². The van der Waals surface area contributed by atoms with Crippen LogP contribution in [-0.2, 0) is 6.54 Å². The number of imidazole rings is 1. The fourth-order valence-corrected chi connectivity index (χ4v) is 4.88. The second-order valence-electron chi connectivity index (χ2n) is 9.01. The summed E-state index contributed by atoms with van der Waals surface area (Å²) in [4.78, 5) is 20.3.